The minimum absolute atomic E-state index is 0.00547. The van der Waals surface area contributed by atoms with Crippen LogP contribution in [0.3, 0.4) is 0 Å². The average molecular weight is 269 g/mol. The van der Waals surface area contributed by atoms with Gasteiger partial charge in [0.25, 0.3) is 0 Å². The van der Waals surface area contributed by atoms with Gasteiger partial charge in [-0.1, -0.05) is 24.3 Å². The molecule has 102 valence electrons. The zero-order valence-electron chi connectivity index (χ0n) is 11.3. The SMILES string of the molecule is Cc1cccc(C(=O)c2cccc(C(=O)O)c2N)c1C. The predicted octanol–water partition coefficient (Wildman–Crippen LogP) is 2.81. The van der Waals surface area contributed by atoms with Crippen molar-refractivity contribution in [1.29, 1.82) is 0 Å². The number of aryl methyl sites for hydroxylation is 1. The van der Waals surface area contributed by atoms with Gasteiger partial charge >= 0.3 is 5.97 Å². The third kappa shape index (κ3) is 2.28. The summed E-state index contributed by atoms with van der Waals surface area (Å²) >= 11 is 0. The van der Waals surface area contributed by atoms with Gasteiger partial charge in [0.15, 0.2) is 5.78 Å². The van der Waals surface area contributed by atoms with Crippen molar-refractivity contribution in [3.05, 3.63) is 64.2 Å². The van der Waals surface area contributed by atoms with Crippen molar-refractivity contribution in [3.63, 3.8) is 0 Å². The summed E-state index contributed by atoms with van der Waals surface area (Å²) in [4.78, 5) is 23.6. The van der Waals surface area contributed by atoms with E-state index >= 15 is 0 Å². The van der Waals surface area contributed by atoms with Crippen LogP contribution in [-0.2, 0) is 0 Å². The number of nitrogens with two attached hydrogens (primary N) is 1. The summed E-state index contributed by atoms with van der Waals surface area (Å²) in [6.45, 7) is 3.78. The van der Waals surface area contributed by atoms with Crippen LogP contribution in [0.2, 0.25) is 0 Å². The molecule has 0 saturated heterocycles. The highest BCUT2D eigenvalue weighted by Crippen LogP contribution is 2.23. The van der Waals surface area contributed by atoms with Crippen LogP contribution in [0.1, 0.15) is 37.4 Å². The quantitative estimate of drug-likeness (QED) is 0.663. The zero-order valence-corrected chi connectivity index (χ0v) is 11.3. The second-order valence-corrected chi connectivity index (χ2v) is 4.65. The second kappa shape index (κ2) is 5.17. The minimum atomic E-state index is -1.14. The summed E-state index contributed by atoms with van der Waals surface area (Å²) in [5.74, 6) is -1.40. The molecule has 4 heteroatoms. The van der Waals surface area contributed by atoms with Crippen molar-refractivity contribution < 1.29 is 14.7 Å². The third-order valence-electron chi connectivity index (χ3n) is 3.43. The van der Waals surface area contributed by atoms with Gasteiger partial charge < -0.3 is 10.8 Å². The summed E-state index contributed by atoms with van der Waals surface area (Å²) in [6, 6.07) is 9.90. The number of para-hydroxylation sites is 1. The van der Waals surface area contributed by atoms with E-state index in [1.807, 2.05) is 19.9 Å². The van der Waals surface area contributed by atoms with E-state index in [0.29, 0.717) is 5.56 Å². The number of carboxylic acid groups (broad SMARTS) is 1. The van der Waals surface area contributed by atoms with Crippen LogP contribution in [0, 0.1) is 13.8 Å². The number of anilines is 1. The number of carbonyl (C=O) groups is 2. The molecule has 2 aromatic rings. The summed E-state index contributed by atoms with van der Waals surface area (Å²) in [5, 5.41) is 9.05. The van der Waals surface area contributed by atoms with E-state index in [2.05, 4.69) is 0 Å². The Morgan fingerprint density at radius 1 is 0.950 bits per heavy atom. The number of benzene rings is 2. The first-order valence-electron chi connectivity index (χ1n) is 6.16. The van der Waals surface area contributed by atoms with Crippen LogP contribution >= 0.6 is 0 Å². The lowest BCUT2D eigenvalue weighted by Gasteiger charge is -2.10. The lowest BCUT2D eigenvalue weighted by Crippen LogP contribution is -2.11. The van der Waals surface area contributed by atoms with Gasteiger partial charge in [0.2, 0.25) is 0 Å². The summed E-state index contributed by atoms with van der Waals surface area (Å²) in [6.07, 6.45) is 0. The number of rotatable bonds is 3. The molecule has 0 aliphatic heterocycles. The number of carboxylic acids is 1. The molecule has 2 rings (SSSR count). The summed E-state index contributed by atoms with van der Waals surface area (Å²) < 4.78 is 0. The molecule has 0 bridgehead atoms. The maximum Gasteiger partial charge on any atom is 0.337 e. The minimum Gasteiger partial charge on any atom is -0.478 e. The fourth-order valence-electron chi connectivity index (χ4n) is 2.09. The van der Waals surface area contributed by atoms with Gasteiger partial charge in [-0.25, -0.2) is 4.79 Å². The van der Waals surface area contributed by atoms with Gasteiger partial charge in [0, 0.05) is 11.1 Å². The van der Waals surface area contributed by atoms with Crippen molar-refractivity contribution >= 4 is 17.4 Å². The standard InChI is InChI=1S/C16H15NO3/c1-9-5-3-6-11(10(9)2)15(18)12-7-4-8-13(14(12)17)16(19)20/h3-8H,17H2,1-2H3,(H,19,20). The Balaban J connectivity index is 2.57. The molecule has 0 atom stereocenters. The number of hydrogen-bond donors (Lipinski definition) is 2. The molecule has 0 radical (unpaired) electrons. The van der Waals surface area contributed by atoms with E-state index in [1.54, 1.807) is 18.2 Å². The van der Waals surface area contributed by atoms with Gasteiger partial charge in [-0.2, -0.15) is 0 Å². The maximum absolute atomic E-state index is 12.5. The van der Waals surface area contributed by atoms with Crippen LogP contribution in [0.25, 0.3) is 0 Å². The molecule has 4 nitrogen and oxygen atoms in total. The smallest absolute Gasteiger partial charge is 0.337 e. The molecular formula is C16H15NO3. The molecule has 0 aliphatic rings. The normalized spacial score (nSPS) is 10.3. The topological polar surface area (TPSA) is 80.4 Å². The molecule has 0 fully saturated rings. The Morgan fingerprint density at radius 2 is 1.50 bits per heavy atom. The van der Waals surface area contributed by atoms with Gasteiger partial charge in [0.1, 0.15) is 0 Å². The number of hydrogen-bond acceptors (Lipinski definition) is 3. The molecule has 0 aliphatic carbocycles. The van der Waals surface area contributed by atoms with Gasteiger partial charge in [0.05, 0.1) is 11.3 Å². The van der Waals surface area contributed by atoms with Crippen LogP contribution < -0.4 is 5.73 Å². The lowest BCUT2D eigenvalue weighted by molar-refractivity contribution is 0.0698. The average Bonchev–Trinajstić information content (AvgIpc) is 2.41. The molecule has 0 aromatic heterocycles. The van der Waals surface area contributed by atoms with Crippen molar-refractivity contribution in [2.45, 2.75) is 13.8 Å². The highest BCUT2D eigenvalue weighted by atomic mass is 16.4. The zero-order chi connectivity index (χ0) is 14.9. The molecule has 0 saturated carbocycles. The predicted molar refractivity (Wildman–Crippen MR) is 77.2 cm³/mol. The Hall–Kier alpha value is -2.62. The first-order valence-corrected chi connectivity index (χ1v) is 6.16. The molecule has 0 spiro atoms. The first-order chi connectivity index (χ1) is 9.43. The molecular weight excluding hydrogens is 254 g/mol. The summed E-state index contributed by atoms with van der Waals surface area (Å²) in [7, 11) is 0. The number of aromatic carboxylic acids is 1. The third-order valence-corrected chi connectivity index (χ3v) is 3.43. The van der Waals surface area contributed by atoms with Crippen molar-refractivity contribution in [1.82, 2.24) is 0 Å². The second-order valence-electron chi connectivity index (χ2n) is 4.65. The highest BCUT2D eigenvalue weighted by Gasteiger charge is 2.19. The Labute approximate surface area is 116 Å². The van der Waals surface area contributed by atoms with Crippen molar-refractivity contribution in [2.24, 2.45) is 0 Å². The first kappa shape index (κ1) is 13.8. The van der Waals surface area contributed by atoms with Crippen molar-refractivity contribution in [3.8, 4) is 0 Å². The van der Waals surface area contributed by atoms with E-state index in [-0.39, 0.29) is 22.6 Å². The van der Waals surface area contributed by atoms with Crippen LogP contribution in [-0.4, -0.2) is 16.9 Å². The van der Waals surface area contributed by atoms with E-state index < -0.39 is 5.97 Å². The number of ketones is 1. The van der Waals surface area contributed by atoms with E-state index in [9.17, 15) is 9.59 Å². The monoisotopic (exact) mass is 269 g/mol. The fourth-order valence-corrected chi connectivity index (χ4v) is 2.09. The molecule has 0 heterocycles. The molecule has 0 unspecified atom stereocenters. The van der Waals surface area contributed by atoms with Crippen LogP contribution in [0.4, 0.5) is 5.69 Å². The van der Waals surface area contributed by atoms with Crippen LogP contribution in [0.15, 0.2) is 36.4 Å². The van der Waals surface area contributed by atoms with E-state index in [0.717, 1.165) is 11.1 Å². The van der Waals surface area contributed by atoms with Gasteiger partial charge in [-0.15, -0.1) is 0 Å². The molecule has 0 amide bonds. The van der Waals surface area contributed by atoms with Crippen molar-refractivity contribution in [2.75, 3.05) is 5.73 Å². The Bertz CT molecular complexity index is 705. The largest absolute Gasteiger partial charge is 0.478 e. The Kier molecular flexibility index (Phi) is 3.57. The number of carbonyl (C=O) groups excluding carboxylic acids is 1. The lowest BCUT2D eigenvalue weighted by atomic mass is 9.94. The molecule has 2 aromatic carbocycles. The highest BCUT2D eigenvalue weighted by molar-refractivity contribution is 6.15. The van der Waals surface area contributed by atoms with Gasteiger partial charge in [-0.05, 0) is 37.1 Å². The number of nitrogen functional groups attached to an aromatic ring is 1. The summed E-state index contributed by atoms with van der Waals surface area (Å²) in [5.41, 5.74) is 8.40. The molecule has 20 heavy (non-hydrogen) atoms. The van der Waals surface area contributed by atoms with E-state index in [1.165, 1.54) is 12.1 Å². The van der Waals surface area contributed by atoms with Gasteiger partial charge in [-0.3, -0.25) is 4.79 Å². The molecule has 3 N–H and O–H groups in total. The Morgan fingerprint density at radius 3 is 2.15 bits per heavy atom. The fraction of sp³-hybridized carbons (Fsp3) is 0.125. The maximum atomic E-state index is 12.5. The van der Waals surface area contributed by atoms with E-state index in [4.69, 9.17) is 10.8 Å². The van der Waals surface area contributed by atoms with Crippen LogP contribution in [0.5, 0.6) is 0 Å².